The number of carbonyl (C=O) groups is 1. The Labute approximate surface area is 100 Å². The van der Waals surface area contributed by atoms with Crippen molar-refractivity contribution in [1.82, 2.24) is 0 Å². The first-order chi connectivity index (χ1) is 7.50. The average Bonchev–Trinajstić information content (AvgIpc) is 2.22. The average molecular weight is 239 g/mol. The van der Waals surface area contributed by atoms with E-state index >= 15 is 0 Å². The van der Waals surface area contributed by atoms with E-state index in [9.17, 15) is 4.79 Å². The van der Waals surface area contributed by atoms with Crippen LogP contribution >= 0.6 is 11.8 Å². The quantitative estimate of drug-likeness (QED) is 0.773. The van der Waals surface area contributed by atoms with Crippen LogP contribution in [0.5, 0.6) is 0 Å². The first-order valence-electron chi connectivity index (χ1n) is 5.19. The summed E-state index contributed by atoms with van der Waals surface area (Å²) in [7, 11) is 0. The smallest absolute Gasteiger partial charge is 0.320 e. The maximum absolute atomic E-state index is 10.5. The second-order valence-corrected chi connectivity index (χ2v) is 4.99. The number of benzene rings is 1. The van der Waals surface area contributed by atoms with E-state index in [0.29, 0.717) is 6.42 Å². The summed E-state index contributed by atoms with van der Waals surface area (Å²) < 4.78 is 0. The summed E-state index contributed by atoms with van der Waals surface area (Å²) in [5.74, 6) is -0.195. The van der Waals surface area contributed by atoms with Gasteiger partial charge in [0.2, 0.25) is 0 Å². The van der Waals surface area contributed by atoms with Crippen LogP contribution in [0.2, 0.25) is 0 Å². The maximum atomic E-state index is 10.5. The molecule has 0 aliphatic carbocycles. The van der Waals surface area contributed by atoms with Crippen molar-refractivity contribution >= 4 is 17.7 Å². The van der Waals surface area contributed by atoms with Crippen molar-refractivity contribution in [3.05, 3.63) is 29.3 Å². The minimum atomic E-state index is -0.929. The molecule has 88 valence electrons. The summed E-state index contributed by atoms with van der Waals surface area (Å²) in [4.78, 5) is 11.7. The Morgan fingerprint density at radius 2 is 2.19 bits per heavy atom. The van der Waals surface area contributed by atoms with Crippen molar-refractivity contribution in [2.75, 3.05) is 5.75 Å². The van der Waals surface area contributed by atoms with Gasteiger partial charge >= 0.3 is 5.97 Å². The van der Waals surface area contributed by atoms with E-state index in [2.05, 4.69) is 25.1 Å². The molecule has 3 nitrogen and oxygen atoms in total. The van der Waals surface area contributed by atoms with Crippen molar-refractivity contribution in [3.63, 3.8) is 0 Å². The Morgan fingerprint density at radius 1 is 1.50 bits per heavy atom. The van der Waals surface area contributed by atoms with Crippen LogP contribution in [0.25, 0.3) is 0 Å². The molecule has 1 aromatic rings. The van der Waals surface area contributed by atoms with Crippen LogP contribution in [0.4, 0.5) is 0 Å². The minimum absolute atomic E-state index is 0.493. The Morgan fingerprint density at radius 3 is 2.81 bits per heavy atom. The molecule has 16 heavy (non-hydrogen) atoms. The number of rotatable bonds is 5. The third-order valence-corrected chi connectivity index (χ3v) is 3.54. The lowest BCUT2D eigenvalue weighted by Gasteiger charge is -2.08. The number of thioether (sulfide) groups is 1. The van der Waals surface area contributed by atoms with Gasteiger partial charge in [-0.3, -0.25) is 4.79 Å². The number of nitrogens with two attached hydrogens (primary N) is 1. The van der Waals surface area contributed by atoms with Crippen molar-refractivity contribution < 1.29 is 9.90 Å². The van der Waals surface area contributed by atoms with Crippen LogP contribution in [-0.4, -0.2) is 22.9 Å². The molecular formula is C12H17NO2S. The molecule has 1 unspecified atom stereocenters. The molecule has 1 aromatic carbocycles. The van der Waals surface area contributed by atoms with Gasteiger partial charge in [0.15, 0.2) is 0 Å². The topological polar surface area (TPSA) is 63.3 Å². The molecule has 0 aromatic heterocycles. The molecule has 0 saturated heterocycles. The molecule has 0 amide bonds. The highest BCUT2D eigenvalue weighted by Crippen LogP contribution is 2.24. The molecule has 0 aliphatic heterocycles. The standard InChI is InChI=1S/C12H17NO2S/c1-8-3-4-9(2)11(7-8)16-6-5-10(13)12(14)15/h3-4,7,10H,5-6,13H2,1-2H3,(H,14,15). The fraction of sp³-hybridized carbons (Fsp3) is 0.417. The van der Waals surface area contributed by atoms with E-state index in [-0.39, 0.29) is 0 Å². The summed E-state index contributed by atoms with van der Waals surface area (Å²) in [5, 5.41) is 8.64. The zero-order valence-electron chi connectivity index (χ0n) is 9.56. The van der Waals surface area contributed by atoms with Crippen molar-refractivity contribution in [2.45, 2.75) is 31.2 Å². The normalized spacial score (nSPS) is 12.4. The largest absolute Gasteiger partial charge is 0.480 e. The van der Waals surface area contributed by atoms with Crippen LogP contribution in [-0.2, 0) is 4.79 Å². The second-order valence-electron chi connectivity index (χ2n) is 3.85. The van der Waals surface area contributed by atoms with Gasteiger partial charge in [0, 0.05) is 10.6 Å². The molecule has 1 rings (SSSR count). The van der Waals surface area contributed by atoms with E-state index in [1.165, 1.54) is 16.0 Å². The van der Waals surface area contributed by atoms with Crippen LogP contribution in [0.1, 0.15) is 17.5 Å². The summed E-state index contributed by atoms with van der Waals surface area (Å²) in [6, 6.07) is 5.52. The third-order valence-electron chi connectivity index (χ3n) is 2.35. The van der Waals surface area contributed by atoms with Crippen molar-refractivity contribution in [1.29, 1.82) is 0 Å². The zero-order chi connectivity index (χ0) is 12.1. The SMILES string of the molecule is Cc1ccc(C)c(SCCC(N)C(=O)O)c1. The molecule has 3 N–H and O–H groups in total. The fourth-order valence-electron chi connectivity index (χ4n) is 1.28. The Balaban J connectivity index is 2.48. The van der Waals surface area contributed by atoms with E-state index in [0.717, 1.165) is 5.75 Å². The van der Waals surface area contributed by atoms with Crippen LogP contribution < -0.4 is 5.73 Å². The molecule has 0 radical (unpaired) electrons. The third kappa shape index (κ3) is 3.87. The van der Waals surface area contributed by atoms with Crippen LogP contribution in [0.3, 0.4) is 0 Å². The highest BCUT2D eigenvalue weighted by atomic mass is 32.2. The number of carboxylic acid groups (broad SMARTS) is 1. The van der Waals surface area contributed by atoms with Gasteiger partial charge in [-0.2, -0.15) is 0 Å². The van der Waals surface area contributed by atoms with Gasteiger partial charge in [0.25, 0.3) is 0 Å². The fourth-order valence-corrected chi connectivity index (χ4v) is 2.44. The van der Waals surface area contributed by atoms with Gasteiger partial charge in [-0.1, -0.05) is 17.7 Å². The van der Waals surface area contributed by atoms with Gasteiger partial charge < -0.3 is 10.8 Å². The molecule has 0 spiro atoms. The predicted octanol–water partition coefficient (Wildman–Crippen LogP) is 2.20. The molecule has 0 fully saturated rings. The van der Waals surface area contributed by atoms with Crippen LogP contribution in [0, 0.1) is 13.8 Å². The van der Waals surface area contributed by atoms with E-state index in [1.807, 2.05) is 6.92 Å². The second kappa shape index (κ2) is 5.92. The van der Waals surface area contributed by atoms with Gasteiger partial charge in [-0.25, -0.2) is 0 Å². The zero-order valence-corrected chi connectivity index (χ0v) is 10.4. The number of hydrogen-bond acceptors (Lipinski definition) is 3. The van der Waals surface area contributed by atoms with Gasteiger partial charge in [0.05, 0.1) is 0 Å². The number of aryl methyl sites for hydroxylation is 2. The predicted molar refractivity (Wildman–Crippen MR) is 66.9 cm³/mol. The molecule has 0 saturated carbocycles. The van der Waals surface area contributed by atoms with E-state index in [1.54, 1.807) is 11.8 Å². The molecule has 4 heteroatoms. The molecule has 0 bridgehead atoms. The minimum Gasteiger partial charge on any atom is -0.480 e. The lowest BCUT2D eigenvalue weighted by molar-refractivity contribution is -0.138. The van der Waals surface area contributed by atoms with E-state index in [4.69, 9.17) is 10.8 Å². The highest BCUT2D eigenvalue weighted by Gasteiger charge is 2.11. The summed E-state index contributed by atoms with van der Waals surface area (Å²) >= 11 is 1.66. The maximum Gasteiger partial charge on any atom is 0.320 e. The van der Waals surface area contributed by atoms with Crippen molar-refractivity contribution in [2.24, 2.45) is 5.73 Å². The Kier molecular flexibility index (Phi) is 4.83. The van der Waals surface area contributed by atoms with Crippen LogP contribution in [0.15, 0.2) is 23.1 Å². The molecule has 0 aliphatic rings. The summed E-state index contributed by atoms with van der Waals surface area (Å²) in [6.45, 7) is 4.10. The lowest BCUT2D eigenvalue weighted by Crippen LogP contribution is -2.30. The Hall–Kier alpha value is -1.00. The summed E-state index contributed by atoms with van der Waals surface area (Å²) in [6.07, 6.45) is 0.493. The van der Waals surface area contributed by atoms with Gasteiger partial charge in [-0.15, -0.1) is 11.8 Å². The van der Waals surface area contributed by atoms with Crippen molar-refractivity contribution in [3.8, 4) is 0 Å². The lowest BCUT2D eigenvalue weighted by atomic mass is 10.2. The monoisotopic (exact) mass is 239 g/mol. The Bertz CT molecular complexity index is 379. The molecular weight excluding hydrogens is 222 g/mol. The number of carboxylic acids is 1. The first-order valence-corrected chi connectivity index (χ1v) is 6.17. The number of hydrogen-bond donors (Lipinski definition) is 2. The van der Waals surface area contributed by atoms with E-state index < -0.39 is 12.0 Å². The van der Waals surface area contributed by atoms with Gasteiger partial charge in [-0.05, 0) is 31.9 Å². The number of aliphatic carboxylic acids is 1. The molecule has 0 heterocycles. The summed E-state index contributed by atoms with van der Waals surface area (Å²) in [5.41, 5.74) is 7.88. The highest BCUT2D eigenvalue weighted by molar-refractivity contribution is 7.99. The first kappa shape index (κ1) is 13.1. The molecule has 1 atom stereocenters. The van der Waals surface area contributed by atoms with Gasteiger partial charge in [0.1, 0.15) is 6.04 Å².